The highest BCUT2D eigenvalue weighted by atomic mass is 32.1. The maximum Gasteiger partial charge on any atom is 0.273 e. The van der Waals surface area contributed by atoms with Gasteiger partial charge in [-0.3, -0.25) is 9.59 Å². The summed E-state index contributed by atoms with van der Waals surface area (Å²) in [4.78, 5) is 37.2. The van der Waals surface area contributed by atoms with Crippen LogP contribution in [0.15, 0.2) is 29.9 Å². The predicted octanol–water partition coefficient (Wildman–Crippen LogP) is 4.39. The van der Waals surface area contributed by atoms with Gasteiger partial charge in [0.15, 0.2) is 0 Å². The molecular formula is C23H32BN3O4S. The normalized spacial score (nSPS) is 17.7. The smallest absolute Gasteiger partial charge is 0.273 e. The summed E-state index contributed by atoms with van der Waals surface area (Å²) in [6.45, 7) is 12.5. The molecule has 2 atom stereocenters. The van der Waals surface area contributed by atoms with Crippen molar-refractivity contribution < 1.29 is 19.1 Å². The Hall–Kier alpha value is -2.42. The number of hydrogen-bond acceptors (Lipinski definition) is 7. The quantitative estimate of drug-likeness (QED) is 0.599. The molecule has 32 heavy (non-hydrogen) atoms. The molecule has 0 aromatic carbocycles. The van der Waals surface area contributed by atoms with Crippen molar-refractivity contribution in [3.05, 3.63) is 29.9 Å². The van der Waals surface area contributed by atoms with E-state index in [-0.39, 0.29) is 30.6 Å². The van der Waals surface area contributed by atoms with Crippen LogP contribution in [0.2, 0.25) is 5.82 Å². The SMILES string of the molecule is CC(C)(C)OC(=O)B[C@H](C(=O)N1CC[C@@H](Oc2cc(-c3cccs3)ncn2)C1)C(C)(C)C. The molecular weight excluding hydrogens is 425 g/mol. The minimum atomic E-state index is -0.575. The van der Waals surface area contributed by atoms with Gasteiger partial charge in [0.25, 0.3) is 7.28 Å². The fourth-order valence-corrected chi connectivity index (χ4v) is 4.39. The van der Waals surface area contributed by atoms with Gasteiger partial charge in [-0.15, -0.1) is 11.3 Å². The summed E-state index contributed by atoms with van der Waals surface area (Å²) < 4.78 is 11.5. The lowest BCUT2D eigenvalue weighted by atomic mass is 9.54. The van der Waals surface area contributed by atoms with Crippen LogP contribution in [0.4, 0.5) is 4.79 Å². The minimum absolute atomic E-state index is 0.0311. The molecule has 2 aromatic rings. The van der Waals surface area contributed by atoms with Crippen molar-refractivity contribution in [3.8, 4) is 16.5 Å². The number of amides is 1. The molecule has 0 unspecified atom stereocenters. The van der Waals surface area contributed by atoms with Gasteiger partial charge in [-0.05, 0) is 37.6 Å². The lowest BCUT2D eigenvalue weighted by Gasteiger charge is -2.32. The third-order valence-electron chi connectivity index (χ3n) is 5.29. The zero-order valence-electron chi connectivity index (χ0n) is 19.8. The number of rotatable bonds is 6. The Bertz CT molecular complexity index is 937. The topological polar surface area (TPSA) is 81.6 Å². The fraction of sp³-hybridized carbons (Fsp3) is 0.565. The van der Waals surface area contributed by atoms with Crippen LogP contribution >= 0.6 is 11.3 Å². The zero-order valence-corrected chi connectivity index (χ0v) is 20.6. The van der Waals surface area contributed by atoms with E-state index in [1.165, 1.54) is 6.33 Å². The van der Waals surface area contributed by atoms with Gasteiger partial charge < -0.3 is 14.4 Å². The van der Waals surface area contributed by atoms with Gasteiger partial charge in [0.05, 0.1) is 17.1 Å². The first-order valence-electron chi connectivity index (χ1n) is 11.0. The summed E-state index contributed by atoms with van der Waals surface area (Å²) in [5.74, 6) is -0.333. The molecule has 1 fully saturated rings. The van der Waals surface area contributed by atoms with Crippen LogP contribution in [0.3, 0.4) is 0 Å². The third-order valence-corrected chi connectivity index (χ3v) is 6.19. The Morgan fingerprint density at radius 1 is 1.22 bits per heavy atom. The molecule has 9 heteroatoms. The lowest BCUT2D eigenvalue weighted by molar-refractivity contribution is -0.132. The highest BCUT2D eigenvalue weighted by Crippen LogP contribution is 2.34. The molecule has 3 heterocycles. The molecule has 3 rings (SSSR count). The first-order chi connectivity index (χ1) is 14.9. The summed E-state index contributed by atoms with van der Waals surface area (Å²) in [5.41, 5.74) is -0.120. The molecule has 0 saturated carbocycles. The molecule has 0 spiro atoms. The van der Waals surface area contributed by atoms with Crippen LogP contribution in [0, 0.1) is 5.41 Å². The van der Waals surface area contributed by atoms with Crippen molar-refractivity contribution >= 4 is 30.4 Å². The average Bonchev–Trinajstić information content (AvgIpc) is 3.36. The zero-order chi connectivity index (χ0) is 23.5. The molecule has 172 valence electrons. The second-order valence-electron chi connectivity index (χ2n) is 10.2. The van der Waals surface area contributed by atoms with Crippen molar-refractivity contribution in [2.45, 2.75) is 65.5 Å². The van der Waals surface area contributed by atoms with Crippen LogP contribution in [0.25, 0.3) is 10.6 Å². The monoisotopic (exact) mass is 457 g/mol. The molecule has 1 saturated heterocycles. The Labute approximate surface area is 194 Å². The van der Waals surface area contributed by atoms with Crippen molar-refractivity contribution in [1.82, 2.24) is 14.9 Å². The number of likely N-dealkylation sites (tertiary alicyclic amines) is 1. The van der Waals surface area contributed by atoms with Crippen LogP contribution < -0.4 is 4.74 Å². The molecule has 1 aliphatic rings. The number of nitrogens with zero attached hydrogens (tertiary/aromatic N) is 3. The molecule has 1 aliphatic heterocycles. The summed E-state index contributed by atoms with van der Waals surface area (Å²) in [6.07, 6.45) is 2.07. The predicted molar refractivity (Wildman–Crippen MR) is 128 cm³/mol. The Morgan fingerprint density at radius 3 is 2.59 bits per heavy atom. The van der Waals surface area contributed by atoms with Crippen LogP contribution in [-0.4, -0.2) is 58.7 Å². The van der Waals surface area contributed by atoms with Gasteiger partial charge in [-0.2, -0.15) is 0 Å². The third kappa shape index (κ3) is 6.54. The molecule has 1 amide bonds. The van der Waals surface area contributed by atoms with E-state index in [0.29, 0.717) is 25.4 Å². The van der Waals surface area contributed by atoms with Crippen molar-refractivity contribution in [1.29, 1.82) is 0 Å². The molecule has 0 radical (unpaired) electrons. The van der Waals surface area contributed by atoms with Gasteiger partial charge in [0.1, 0.15) is 18.0 Å². The first kappa shape index (κ1) is 24.2. The van der Waals surface area contributed by atoms with Gasteiger partial charge in [0.2, 0.25) is 17.7 Å². The van der Waals surface area contributed by atoms with Crippen molar-refractivity contribution in [2.75, 3.05) is 13.1 Å². The summed E-state index contributed by atoms with van der Waals surface area (Å²) in [6, 6.07) is 5.81. The van der Waals surface area contributed by atoms with Crippen molar-refractivity contribution in [3.63, 3.8) is 0 Å². The Morgan fingerprint density at radius 2 is 1.97 bits per heavy atom. The Balaban J connectivity index is 1.63. The van der Waals surface area contributed by atoms with E-state index < -0.39 is 11.4 Å². The van der Waals surface area contributed by atoms with Gasteiger partial charge in [-0.1, -0.05) is 26.8 Å². The van der Waals surface area contributed by atoms with E-state index >= 15 is 0 Å². The summed E-state index contributed by atoms with van der Waals surface area (Å²) >= 11 is 1.61. The molecule has 0 N–H and O–H groups in total. The van der Waals surface area contributed by atoms with Gasteiger partial charge in [0, 0.05) is 24.8 Å². The molecule has 7 nitrogen and oxygen atoms in total. The number of aromatic nitrogens is 2. The highest BCUT2D eigenvalue weighted by molar-refractivity contribution is 7.13. The standard InChI is InChI=1S/C23H32BN3O4S/c1-22(2,3)19(24-21(29)31-23(4,5)6)20(28)27-10-9-15(13-27)30-18-12-16(25-14-26-18)17-8-7-11-32-17/h7-8,11-12,14-15,19,24H,9-10,13H2,1-6H3/t15-,19-/m1/s1. The highest BCUT2D eigenvalue weighted by Gasteiger charge is 2.40. The van der Waals surface area contributed by atoms with Crippen LogP contribution in [0.1, 0.15) is 48.0 Å². The minimum Gasteiger partial charge on any atom is -0.472 e. The summed E-state index contributed by atoms with van der Waals surface area (Å²) in [7, 11) is 0.0672. The second-order valence-corrected chi connectivity index (χ2v) is 11.2. The van der Waals surface area contributed by atoms with E-state index in [4.69, 9.17) is 9.47 Å². The van der Waals surface area contributed by atoms with Gasteiger partial charge >= 0.3 is 0 Å². The van der Waals surface area contributed by atoms with E-state index in [0.717, 1.165) is 10.6 Å². The maximum atomic E-state index is 13.3. The van der Waals surface area contributed by atoms with E-state index in [1.807, 2.05) is 65.1 Å². The maximum absolute atomic E-state index is 13.3. The molecule has 2 aromatic heterocycles. The second kappa shape index (κ2) is 9.61. The number of carbonyl (C=O) groups is 2. The molecule has 0 bridgehead atoms. The van der Waals surface area contributed by atoms with Crippen LogP contribution in [-0.2, 0) is 9.53 Å². The average molecular weight is 457 g/mol. The van der Waals surface area contributed by atoms with Gasteiger partial charge in [-0.25, -0.2) is 9.97 Å². The molecule has 0 aliphatic carbocycles. The number of thiophene rings is 1. The number of ether oxygens (including phenoxy) is 2. The largest absolute Gasteiger partial charge is 0.472 e. The van der Waals surface area contributed by atoms with E-state index in [2.05, 4.69) is 9.97 Å². The summed E-state index contributed by atoms with van der Waals surface area (Å²) in [5, 5.41) is 2.00. The first-order valence-corrected chi connectivity index (χ1v) is 11.8. The van der Waals surface area contributed by atoms with Crippen LogP contribution in [0.5, 0.6) is 5.88 Å². The Kier molecular flexibility index (Phi) is 7.27. The lowest BCUT2D eigenvalue weighted by Crippen LogP contribution is -2.42. The number of carbonyl (C=O) groups excluding carboxylic acids is 2. The van der Waals surface area contributed by atoms with Crippen molar-refractivity contribution in [2.24, 2.45) is 5.41 Å². The van der Waals surface area contributed by atoms with E-state index in [9.17, 15) is 9.59 Å². The number of hydrogen-bond donors (Lipinski definition) is 0. The fourth-order valence-electron chi connectivity index (χ4n) is 3.69. The van der Waals surface area contributed by atoms with E-state index in [1.54, 1.807) is 16.2 Å².